The van der Waals surface area contributed by atoms with E-state index < -0.39 is 0 Å². The number of amides is 1. The molecule has 7 nitrogen and oxygen atoms in total. The number of aromatic nitrogens is 3. The SMILES string of the molecule is O=C(c1cc(C2CC2)on1)N1CCCC1c1ncc2c(n1)CCNC2. The number of hydrogen-bond acceptors (Lipinski definition) is 6. The van der Waals surface area contributed by atoms with Crippen molar-refractivity contribution in [2.24, 2.45) is 0 Å². The number of carbonyl (C=O) groups is 1. The minimum atomic E-state index is -0.0684. The summed E-state index contributed by atoms with van der Waals surface area (Å²) in [6.45, 7) is 2.49. The number of nitrogens with zero attached hydrogens (tertiary/aromatic N) is 4. The first-order chi connectivity index (χ1) is 12.3. The van der Waals surface area contributed by atoms with Crippen LogP contribution in [0.15, 0.2) is 16.8 Å². The van der Waals surface area contributed by atoms with Crippen molar-refractivity contribution >= 4 is 5.91 Å². The maximum absolute atomic E-state index is 12.9. The average molecular weight is 339 g/mol. The molecule has 2 aliphatic heterocycles. The van der Waals surface area contributed by atoms with Crippen LogP contribution in [0.1, 0.15) is 71.0 Å². The van der Waals surface area contributed by atoms with Crippen LogP contribution in [0.25, 0.3) is 0 Å². The van der Waals surface area contributed by atoms with Gasteiger partial charge in [0, 0.05) is 55.5 Å². The lowest BCUT2D eigenvalue weighted by molar-refractivity contribution is 0.0719. The molecule has 1 unspecified atom stereocenters. The molecule has 2 aromatic rings. The summed E-state index contributed by atoms with van der Waals surface area (Å²) >= 11 is 0. The van der Waals surface area contributed by atoms with Crippen molar-refractivity contribution in [2.75, 3.05) is 13.1 Å². The van der Waals surface area contributed by atoms with Crippen LogP contribution in [0, 0.1) is 0 Å². The van der Waals surface area contributed by atoms with Crippen molar-refractivity contribution in [3.05, 3.63) is 40.8 Å². The highest BCUT2D eigenvalue weighted by molar-refractivity contribution is 5.92. The molecule has 7 heteroatoms. The number of likely N-dealkylation sites (tertiary alicyclic amines) is 1. The fourth-order valence-corrected chi connectivity index (χ4v) is 3.79. The molecular weight excluding hydrogens is 318 g/mol. The highest BCUT2D eigenvalue weighted by Crippen LogP contribution is 2.40. The van der Waals surface area contributed by atoms with Crippen LogP contribution < -0.4 is 5.32 Å². The minimum Gasteiger partial charge on any atom is -0.360 e. The maximum Gasteiger partial charge on any atom is 0.276 e. The second-order valence-electron chi connectivity index (χ2n) is 7.17. The van der Waals surface area contributed by atoms with Gasteiger partial charge in [0.05, 0.1) is 6.04 Å². The summed E-state index contributed by atoms with van der Waals surface area (Å²) in [5, 5.41) is 7.34. The maximum atomic E-state index is 12.9. The lowest BCUT2D eigenvalue weighted by Crippen LogP contribution is -2.32. The number of hydrogen-bond donors (Lipinski definition) is 1. The highest BCUT2D eigenvalue weighted by atomic mass is 16.5. The van der Waals surface area contributed by atoms with E-state index in [9.17, 15) is 4.79 Å². The van der Waals surface area contributed by atoms with Crippen LogP contribution in [0.4, 0.5) is 0 Å². The van der Waals surface area contributed by atoms with Gasteiger partial charge in [0.15, 0.2) is 11.5 Å². The van der Waals surface area contributed by atoms with Crippen molar-refractivity contribution in [1.82, 2.24) is 25.3 Å². The van der Waals surface area contributed by atoms with Gasteiger partial charge in [-0.05, 0) is 25.7 Å². The van der Waals surface area contributed by atoms with Crippen LogP contribution in [0.2, 0.25) is 0 Å². The van der Waals surface area contributed by atoms with Crippen LogP contribution >= 0.6 is 0 Å². The van der Waals surface area contributed by atoms with Crippen LogP contribution in [-0.2, 0) is 13.0 Å². The zero-order valence-electron chi connectivity index (χ0n) is 14.1. The second kappa shape index (κ2) is 5.91. The lowest BCUT2D eigenvalue weighted by Gasteiger charge is -2.24. The Labute approximate surface area is 145 Å². The molecule has 1 amide bonds. The molecule has 0 bridgehead atoms. The summed E-state index contributed by atoms with van der Waals surface area (Å²) in [6, 6.07) is 1.75. The molecule has 1 N–H and O–H groups in total. The van der Waals surface area contributed by atoms with Crippen molar-refractivity contribution in [2.45, 2.75) is 50.6 Å². The fourth-order valence-electron chi connectivity index (χ4n) is 3.79. The summed E-state index contributed by atoms with van der Waals surface area (Å²) in [6.07, 6.45) is 6.95. The van der Waals surface area contributed by atoms with Crippen LogP contribution in [-0.4, -0.2) is 39.0 Å². The molecule has 4 heterocycles. The fraction of sp³-hybridized carbons (Fsp3) is 0.556. The van der Waals surface area contributed by atoms with Crippen molar-refractivity contribution < 1.29 is 9.32 Å². The summed E-state index contributed by atoms with van der Waals surface area (Å²) in [4.78, 5) is 24.1. The molecule has 0 spiro atoms. The first-order valence-electron chi connectivity index (χ1n) is 9.12. The van der Waals surface area contributed by atoms with E-state index in [2.05, 4.69) is 15.5 Å². The molecule has 1 aliphatic carbocycles. The topological polar surface area (TPSA) is 84.2 Å². The number of carbonyl (C=O) groups excluding carboxylic acids is 1. The van der Waals surface area contributed by atoms with Gasteiger partial charge in [0.2, 0.25) is 0 Å². The average Bonchev–Trinajstić information content (AvgIpc) is 3.19. The number of nitrogens with one attached hydrogen (secondary N) is 1. The predicted molar refractivity (Wildman–Crippen MR) is 88.9 cm³/mol. The van der Waals surface area contributed by atoms with Gasteiger partial charge < -0.3 is 14.7 Å². The molecule has 1 saturated carbocycles. The molecule has 2 aromatic heterocycles. The summed E-state index contributed by atoms with van der Waals surface area (Å²) in [5.74, 6) is 2.00. The predicted octanol–water partition coefficient (Wildman–Crippen LogP) is 1.97. The second-order valence-corrected chi connectivity index (χ2v) is 7.17. The zero-order chi connectivity index (χ0) is 16.8. The van der Waals surface area contributed by atoms with E-state index in [4.69, 9.17) is 9.51 Å². The smallest absolute Gasteiger partial charge is 0.276 e. The molecule has 0 radical (unpaired) electrons. The molecule has 25 heavy (non-hydrogen) atoms. The normalized spacial score (nSPS) is 22.9. The molecule has 130 valence electrons. The van der Waals surface area contributed by atoms with E-state index >= 15 is 0 Å². The molecular formula is C18H21N5O2. The monoisotopic (exact) mass is 339 g/mol. The third-order valence-corrected chi connectivity index (χ3v) is 5.37. The first kappa shape index (κ1) is 15.0. The van der Waals surface area contributed by atoms with Gasteiger partial charge in [-0.2, -0.15) is 0 Å². The Balaban J connectivity index is 1.40. The Morgan fingerprint density at radius 2 is 2.24 bits per heavy atom. The zero-order valence-corrected chi connectivity index (χ0v) is 14.1. The molecule has 5 rings (SSSR count). The summed E-state index contributed by atoms with van der Waals surface area (Å²) < 4.78 is 5.35. The van der Waals surface area contributed by atoms with E-state index in [0.717, 1.165) is 74.6 Å². The Hall–Kier alpha value is -2.28. The summed E-state index contributed by atoms with van der Waals surface area (Å²) in [7, 11) is 0. The Bertz CT molecular complexity index is 814. The van der Waals surface area contributed by atoms with Gasteiger partial charge >= 0.3 is 0 Å². The van der Waals surface area contributed by atoms with Gasteiger partial charge in [0.25, 0.3) is 5.91 Å². The van der Waals surface area contributed by atoms with Gasteiger partial charge in [-0.1, -0.05) is 5.16 Å². The lowest BCUT2D eigenvalue weighted by atomic mass is 10.1. The van der Waals surface area contributed by atoms with Gasteiger partial charge in [-0.15, -0.1) is 0 Å². The largest absolute Gasteiger partial charge is 0.360 e. The molecule has 1 saturated heterocycles. The highest BCUT2D eigenvalue weighted by Gasteiger charge is 2.35. The number of fused-ring (bicyclic) bond motifs is 1. The summed E-state index contributed by atoms with van der Waals surface area (Å²) in [5.41, 5.74) is 2.69. The third kappa shape index (κ3) is 2.72. The van der Waals surface area contributed by atoms with Gasteiger partial charge in [-0.25, -0.2) is 9.97 Å². The van der Waals surface area contributed by atoms with Gasteiger partial charge in [-0.3, -0.25) is 4.79 Å². The van der Waals surface area contributed by atoms with E-state index in [1.165, 1.54) is 0 Å². The van der Waals surface area contributed by atoms with E-state index in [1.54, 1.807) is 0 Å². The quantitative estimate of drug-likeness (QED) is 0.920. The van der Waals surface area contributed by atoms with E-state index in [-0.39, 0.29) is 11.9 Å². The first-order valence-corrected chi connectivity index (χ1v) is 9.12. The van der Waals surface area contributed by atoms with Crippen molar-refractivity contribution in [3.8, 4) is 0 Å². The number of rotatable bonds is 3. The minimum absolute atomic E-state index is 0.0613. The van der Waals surface area contributed by atoms with Crippen LogP contribution in [0.3, 0.4) is 0 Å². The Morgan fingerprint density at radius 1 is 1.32 bits per heavy atom. The molecule has 0 aromatic carbocycles. The third-order valence-electron chi connectivity index (χ3n) is 5.37. The van der Waals surface area contributed by atoms with E-state index in [0.29, 0.717) is 11.6 Å². The van der Waals surface area contributed by atoms with Gasteiger partial charge in [0.1, 0.15) is 5.76 Å². The standard InChI is InChI=1S/C18H21N5O2/c24-18(14-8-16(25-22-14)11-3-4-11)23-7-1-2-15(23)17-20-10-12-9-19-6-5-13(12)21-17/h8,10-11,15,19H,1-7,9H2. The molecule has 3 aliphatic rings. The van der Waals surface area contributed by atoms with E-state index in [1.807, 2.05) is 17.2 Å². The molecule has 2 fully saturated rings. The molecule has 1 atom stereocenters. The Kier molecular flexibility index (Phi) is 3.55. The Morgan fingerprint density at radius 3 is 3.12 bits per heavy atom. The van der Waals surface area contributed by atoms with Crippen molar-refractivity contribution in [1.29, 1.82) is 0 Å². The van der Waals surface area contributed by atoms with Crippen molar-refractivity contribution in [3.63, 3.8) is 0 Å². The van der Waals surface area contributed by atoms with Crippen LogP contribution in [0.5, 0.6) is 0 Å².